The van der Waals surface area contributed by atoms with Crippen LogP contribution >= 0.6 is 0 Å². The van der Waals surface area contributed by atoms with E-state index in [0.29, 0.717) is 12.8 Å². The summed E-state index contributed by atoms with van der Waals surface area (Å²) in [7, 11) is 1.33. The van der Waals surface area contributed by atoms with Gasteiger partial charge in [0, 0.05) is 12.3 Å². The number of hydrogen-bond acceptors (Lipinski definition) is 8. The molecular formula is C22H24N2O7. The van der Waals surface area contributed by atoms with Crippen molar-refractivity contribution in [2.24, 2.45) is 5.92 Å². The Bertz CT molecular complexity index is 948. The average molecular weight is 428 g/mol. The van der Waals surface area contributed by atoms with Crippen LogP contribution in [-0.4, -0.2) is 53.8 Å². The third-order valence-electron chi connectivity index (χ3n) is 4.90. The molecule has 1 saturated heterocycles. The molecule has 2 heterocycles. The van der Waals surface area contributed by atoms with E-state index in [-0.39, 0.29) is 11.4 Å². The number of carbonyl (C=O) groups excluding carboxylic acids is 3. The monoisotopic (exact) mass is 428 g/mol. The molecule has 1 aromatic carbocycles. The van der Waals surface area contributed by atoms with Crippen LogP contribution in [0, 0.1) is 5.92 Å². The topological polar surface area (TPSA) is 124 Å². The quantitative estimate of drug-likeness (QED) is 0.689. The molecule has 0 spiro atoms. The highest BCUT2D eigenvalue weighted by Crippen LogP contribution is 2.27. The van der Waals surface area contributed by atoms with Crippen molar-refractivity contribution in [3.63, 3.8) is 0 Å². The number of nitrogens with one attached hydrogen (secondary N) is 1. The standard InChI is InChI=1S/C22H24N2O7/c1-13-10-15(11-14-6-4-3-5-7-14)21(27)30-12-16(22(28)31-13)24-20(26)18-19(25)17(29-2)8-9-23-18/h3-9,13,15-16,25H,10-12H2,1-2H3,(H,24,26). The van der Waals surface area contributed by atoms with E-state index in [4.69, 9.17) is 14.2 Å². The first-order chi connectivity index (χ1) is 14.9. The van der Waals surface area contributed by atoms with E-state index >= 15 is 0 Å². The van der Waals surface area contributed by atoms with Gasteiger partial charge >= 0.3 is 11.9 Å². The maximum absolute atomic E-state index is 12.6. The van der Waals surface area contributed by atoms with Gasteiger partial charge < -0.3 is 24.6 Å². The molecule has 0 aliphatic carbocycles. The Labute approximate surface area is 179 Å². The van der Waals surface area contributed by atoms with Crippen LogP contribution in [-0.2, 0) is 25.5 Å². The van der Waals surface area contributed by atoms with Crippen LogP contribution in [0.25, 0.3) is 0 Å². The van der Waals surface area contributed by atoms with Gasteiger partial charge in [0.25, 0.3) is 5.91 Å². The van der Waals surface area contributed by atoms with Crippen molar-refractivity contribution in [2.45, 2.75) is 31.9 Å². The van der Waals surface area contributed by atoms with Gasteiger partial charge in [-0.05, 0) is 25.3 Å². The minimum atomic E-state index is -1.25. The molecule has 0 radical (unpaired) electrons. The number of ether oxygens (including phenoxy) is 3. The van der Waals surface area contributed by atoms with Crippen LogP contribution in [0.15, 0.2) is 42.6 Å². The first-order valence-corrected chi connectivity index (χ1v) is 9.83. The SMILES string of the molecule is COc1ccnc(C(=O)NC2COC(=O)C(Cc3ccccc3)CC(C)OC2=O)c1O. The molecule has 1 aromatic heterocycles. The fourth-order valence-electron chi connectivity index (χ4n) is 3.34. The number of methoxy groups -OCH3 is 1. The number of pyridine rings is 1. The molecule has 3 unspecified atom stereocenters. The molecule has 2 aromatic rings. The highest BCUT2D eigenvalue weighted by Gasteiger charge is 2.33. The summed E-state index contributed by atoms with van der Waals surface area (Å²) >= 11 is 0. The molecule has 1 fully saturated rings. The lowest BCUT2D eigenvalue weighted by Gasteiger charge is -2.18. The number of hydrogen-bond donors (Lipinski definition) is 2. The highest BCUT2D eigenvalue weighted by molar-refractivity contribution is 5.98. The van der Waals surface area contributed by atoms with E-state index in [1.807, 2.05) is 30.3 Å². The largest absolute Gasteiger partial charge is 0.503 e. The van der Waals surface area contributed by atoms with E-state index in [0.717, 1.165) is 5.56 Å². The Balaban J connectivity index is 1.73. The minimum Gasteiger partial charge on any atom is -0.503 e. The number of aromatic hydroxyl groups is 1. The zero-order chi connectivity index (χ0) is 22.4. The lowest BCUT2D eigenvalue weighted by Crippen LogP contribution is -2.46. The molecule has 9 heteroatoms. The lowest BCUT2D eigenvalue weighted by atomic mass is 9.94. The maximum Gasteiger partial charge on any atom is 0.332 e. The van der Waals surface area contributed by atoms with Gasteiger partial charge in [0.05, 0.1) is 19.1 Å². The van der Waals surface area contributed by atoms with Crippen LogP contribution in [0.2, 0.25) is 0 Å². The number of carbonyl (C=O) groups is 3. The number of amides is 1. The maximum atomic E-state index is 12.6. The van der Waals surface area contributed by atoms with Gasteiger partial charge in [0.1, 0.15) is 6.61 Å². The second-order valence-electron chi connectivity index (χ2n) is 7.24. The molecular weight excluding hydrogens is 404 g/mol. The highest BCUT2D eigenvalue weighted by atomic mass is 16.6. The summed E-state index contributed by atoms with van der Waals surface area (Å²) in [6, 6.07) is 9.61. The molecule has 9 nitrogen and oxygen atoms in total. The first kappa shape index (κ1) is 22.1. The van der Waals surface area contributed by atoms with Crippen molar-refractivity contribution >= 4 is 17.8 Å². The first-order valence-electron chi connectivity index (χ1n) is 9.83. The van der Waals surface area contributed by atoms with Gasteiger partial charge in [-0.2, -0.15) is 0 Å². The van der Waals surface area contributed by atoms with E-state index in [1.165, 1.54) is 19.4 Å². The molecule has 2 N–H and O–H groups in total. The Morgan fingerprint density at radius 1 is 1.23 bits per heavy atom. The fourth-order valence-corrected chi connectivity index (χ4v) is 3.34. The zero-order valence-electron chi connectivity index (χ0n) is 17.2. The third kappa shape index (κ3) is 5.50. The van der Waals surface area contributed by atoms with E-state index in [1.54, 1.807) is 6.92 Å². The third-order valence-corrected chi connectivity index (χ3v) is 4.90. The number of cyclic esters (lactones) is 2. The molecule has 3 rings (SSSR count). The summed E-state index contributed by atoms with van der Waals surface area (Å²) in [4.78, 5) is 41.6. The smallest absolute Gasteiger partial charge is 0.332 e. The van der Waals surface area contributed by atoms with Crippen LogP contribution in [0.3, 0.4) is 0 Å². The second kappa shape index (κ2) is 9.92. The van der Waals surface area contributed by atoms with Crippen molar-refractivity contribution in [3.8, 4) is 11.5 Å². The Kier molecular flexibility index (Phi) is 7.07. The molecule has 0 saturated carbocycles. The van der Waals surface area contributed by atoms with Crippen molar-refractivity contribution in [3.05, 3.63) is 53.9 Å². The van der Waals surface area contributed by atoms with Crippen molar-refractivity contribution in [2.75, 3.05) is 13.7 Å². The van der Waals surface area contributed by atoms with Crippen LogP contribution < -0.4 is 10.1 Å². The zero-order valence-corrected chi connectivity index (χ0v) is 17.2. The number of benzene rings is 1. The summed E-state index contributed by atoms with van der Waals surface area (Å²) in [6.45, 7) is 1.29. The summed E-state index contributed by atoms with van der Waals surface area (Å²) in [5.41, 5.74) is 0.639. The molecule has 0 bridgehead atoms. The summed E-state index contributed by atoms with van der Waals surface area (Å²) < 4.78 is 15.7. The molecule has 1 aliphatic rings. The Morgan fingerprint density at radius 2 is 1.97 bits per heavy atom. The Hall–Kier alpha value is -3.62. The van der Waals surface area contributed by atoms with Crippen LogP contribution in [0.4, 0.5) is 0 Å². The van der Waals surface area contributed by atoms with E-state index in [9.17, 15) is 19.5 Å². The van der Waals surface area contributed by atoms with Crippen molar-refractivity contribution in [1.29, 1.82) is 0 Å². The predicted octanol–water partition coefficient (Wildman–Crippen LogP) is 1.63. The Morgan fingerprint density at radius 3 is 2.68 bits per heavy atom. The number of rotatable bonds is 5. The normalized spacial score (nSPS) is 21.7. The molecule has 164 valence electrons. The van der Waals surface area contributed by atoms with Gasteiger partial charge in [-0.25, -0.2) is 9.78 Å². The fraction of sp³-hybridized carbons (Fsp3) is 0.364. The lowest BCUT2D eigenvalue weighted by molar-refractivity contribution is -0.152. The van der Waals surface area contributed by atoms with E-state index in [2.05, 4.69) is 10.3 Å². The van der Waals surface area contributed by atoms with Gasteiger partial charge in [0.15, 0.2) is 23.2 Å². The minimum absolute atomic E-state index is 0.0565. The van der Waals surface area contributed by atoms with Crippen molar-refractivity contribution < 1.29 is 33.7 Å². The van der Waals surface area contributed by atoms with Crippen LogP contribution in [0.5, 0.6) is 11.5 Å². The number of nitrogens with zero attached hydrogens (tertiary/aromatic N) is 1. The average Bonchev–Trinajstić information content (AvgIpc) is 2.80. The van der Waals surface area contributed by atoms with Crippen LogP contribution in [0.1, 0.15) is 29.4 Å². The van der Waals surface area contributed by atoms with Crippen molar-refractivity contribution in [1.82, 2.24) is 10.3 Å². The van der Waals surface area contributed by atoms with Gasteiger partial charge in [-0.1, -0.05) is 30.3 Å². The van der Waals surface area contributed by atoms with Gasteiger partial charge in [0.2, 0.25) is 0 Å². The second-order valence-corrected chi connectivity index (χ2v) is 7.24. The predicted molar refractivity (Wildman–Crippen MR) is 108 cm³/mol. The molecule has 1 amide bonds. The molecule has 3 atom stereocenters. The summed E-state index contributed by atoms with van der Waals surface area (Å²) in [5, 5.41) is 12.5. The summed E-state index contributed by atoms with van der Waals surface area (Å²) in [5.74, 6) is -2.95. The number of esters is 2. The summed E-state index contributed by atoms with van der Waals surface area (Å²) in [6.07, 6.45) is 1.46. The molecule has 1 aliphatic heterocycles. The van der Waals surface area contributed by atoms with E-state index < -0.39 is 48.3 Å². The van der Waals surface area contributed by atoms with Gasteiger partial charge in [-0.15, -0.1) is 0 Å². The number of aromatic nitrogens is 1. The van der Waals surface area contributed by atoms with Gasteiger partial charge in [-0.3, -0.25) is 9.59 Å². The molecule has 31 heavy (non-hydrogen) atoms.